The summed E-state index contributed by atoms with van der Waals surface area (Å²) < 4.78 is 29.9. The summed E-state index contributed by atoms with van der Waals surface area (Å²) in [7, 11) is -0.534. The molecule has 2 aromatic rings. The number of hydrogen-bond donors (Lipinski definition) is 2. The lowest BCUT2D eigenvalue weighted by Crippen LogP contribution is -2.55. The summed E-state index contributed by atoms with van der Waals surface area (Å²) in [4.78, 5) is 28.9. The Morgan fingerprint density at radius 2 is 1.69 bits per heavy atom. The summed E-state index contributed by atoms with van der Waals surface area (Å²) in [6.45, 7) is 2.41. The van der Waals surface area contributed by atoms with Crippen molar-refractivity contribution in [1.29, 1.82) is 0 Å². The van der Waals surface area contributed by atoms with Crippen LogP contribution in [0, 0.1) is 6.92 Å². The summed E-state index contributed by atoms with van der Waals surface area (Å²) >= 11 is 0. The number of piperidine rings is 1. The number of sulfonamides is 1. The van der Waals surface area contributed by atoms with Gasteiger partial charge in [-0.05, 0) is 86.8 Å². The first-order valence-corrected chi connectivity index (χ1v) is 13.7. The van der Waals surface area contributed by atoms with E-state index in [1.54, 1.807) is 37.2 Å². The van der Waals surface area contributed by atoms with Gasteiger partial charge in [0.25, 0.3) is 5.91 Å². The number of carbonyl (C=O) groups excluding carboxylic acids is 2. The highest BCUT2D eigenvalue weighted by Gasteiger charge is 2.33. The summed E-state index contributed by atoms with van der Waals surface area (Å²) in [5, 5.41) is 3.01. The van der Waals surface area contributed by atoms with Crippen molar-refractivity contribution in [2.75, 3.05) is 26.0 Å². The SMILES string of the molecule is Cc1ccccc1C(=O)Nc1ccc(S(=O)(=O)NC2CCCCN2C(=O)N(C)C)c2c1CCCC2. The van der Waals surface area contributed by atoms with Gasteiger partial charge in [0, 0.05) is 31.9 Å². The predicted molar refractivity (Wildman–Crippen MR) is 136 cm³/mol. The van der Waals surface area contributed by atoms with Crippen molar-refractivity contribution in [1.82, 2.24) is 14.5 Å². The van der Waals surface area contributed by atoms with Gasteiger partial charge in [-0.2, -0.15) is 4.72 Å². The molecule has 1 atom stereocenters. The van der Waals surface area contributed by atoms with Gasteiger partial charge in [-0.1, -0.05) is 18.2 Å². The van der Waals surface area contributed by atoms with E-state index in [-0.39, 0.29) is 16.8 Å². The molecule has 2 N–H and O–H groups in total. The lowest BCUT2D eigenvalue weighted by molar-refractivity contribution is 0.102. The first-order chi connectivity index (χ1) is 16.7. The van der Waals surface area contributed by atoms with Crippen molar-refractivity contribution in [3.63, 3.8) is 0 Å². The number of fused-ring (bicyclic) bond motifs is 1. The lowest BCUT2D eigenvalue weighted by Gasteiger charge is -2.37. The van der Waals surface area contributed by atoms with Crippen LogP contribution in [0.5, 0.6) is 0 Å². The number of nitrogens with zero attached hydrogens (tertiary/aromatic N) is 2. The molecule has 9 heteroatoms. The second kappa shape index (κ2) is 10.4. The second-order valence-electron chi connectivity index (χ2n) is 9.55. The quantitative estimate of drug-likeness (QED) is 0.653. The van der Waals surface area contributed by atoms with Gasteiger partial charge in [-0.3, -0.25) is 4.79 Å². The van der Waals surface area contributed by atoms with Gasteiger partial charge in [0.2, 0.25) is 10.0 Å². The van der Waals surface area contributed by atoms with E-state index in [0.717, 1.165) is 42.4 Å². The van der Waals surface area contributed by atoms with E-state index >= 15 is 0 Å². The maximum Gasteiger partial charge on any atom is 0.320 e. The van der Waals surface area contributed by atoms with Crippen LogP contribution < -0.4 is 10.0 Å². The van der Waals surface area contributed by atoms with Crippen molar-refractivity contribution in [3.8, 4) is 0 Å². The van der Waals surface area contributed by atoms with Crippen LogP contribution in [-0.4, -0.2) is 57.0 Å². The zero-order valence-corrected chi connectivity index (χ0v) is 21.5. The van der Waals surface area contributed by atoms with E-state index in [1.165, 1.54) is 4.90 Å². The topological polar surface area (TPSA) is 98.8 Å². The van der Waals surface area contributed by atoms with Crippen LogP contribution in [0.15, 0.2) is 41.3 Å². The van der Waals surface area contributed by atoms with Gasteiger partial charge in [0.1, 0.15) is 0 Å². The van der Waals surface area contributed by atoms with Gasteiger partial charge >= 0.3 is 6.03 Å². The molecule has 0 saturated carbocycles. The summed E-state index contributed by atoms with van der Waals surface area (Å²) in [6, 6.07) is 10.5. The van der Waals surface area contributed by atoms with Crippen molar-refractivity contribution < 1.29 is 18.0 Å². The van der Waals surface area contributed by atoms with E-state index in [0.29, 0.717) is 37.1 Å². The number of urea groups is 1. The Kier molecular flexibility index (Phi) is 7.47. The third-order valence-corrected chi connectivity index (χ3v) is 8.39. The molecule has 1 unspecified atom stereocenters. The normalized spacial score (nSPS) is 18.0. The maximum atomic E-state index is 13.6. The molecule has 0 spiro atoms. The Morgan fingerprint density at radius 1 is 0.971 bits per heavy atom. The number of benzene rings is 2. The molecule has 188 valence electrons. The van der Waals surface area contributed by atoms with E-state index < -0.39 is 16.2 Å². The molecule has 4 rings (SSSR count). The van der Waals surface area contributed by atoms with Crippen LogP contribution in [0.25, 0.3) is 0 Å². The smallest absolute Gasteiger partial charge is 0.320 e. The highest BCUT2D eigenvalue weighted by Crippen LogP contribution is 2.34. The standard InChI is InChI=1S/C26H34N4O4S/c1-18-10-4-5-11-19(18)25(31)27-22-15-16-23(21-13-7-6-12-20(21)22)35(33,34)28-24-14-8-9-17-30(24)26(32)29(2)3/h4-5,10-11,15-16,24,28H,6-9,12-14,17H2,1-3H3,(H,27,31). The average molecular weight is 499 g/mol. The average Bonchev–Trinajstić information content (AvgIpc) is 2.84. The summed E-state index contributed by atoms with van der Waals surface area (Å²) in [6.07, 6.45) is 4.86. The van der Waals surface area contributed by atoms with Gasteiger partial charge < -0.3 is 15.1 Å². The zero-order valence-electron chi connectivity index (χ0n) is 20.6. The summed E-state index contributed by atoms with van der Waals surface area (Å²) in [5.74, 6) is -0.204. The fourth-order valence-electron chi connectivity index (χ4n) is 5.00. The lowest BCUT2D eigenvalue weighted by atomic mass is 9.90. The first kappa shape index (κ1) is 25.2. The summed E-state index contributed by atoms with van der Waals surface area (Å²) in [5.41, 5.74) is 3.78. The van der Waals surface area contributed by atoms with Crippen LogP contribution in [0.4, 0.5) is 10.5 Å². The number of likely N-dealkylation sites (tertiary alicyclic amines) is 1. The maximum absolute atomic E-state index is 13.6. The predicted octanol–water partition coefficient (Wildman–Crippen LogP) is 3.90. The van der Waals surface area contributed by atoms with Gasteiger partial charge in [-0.15, -0.1) is 0 Å². The Hall–Kier alpha value is -2.91. The number of nitrogens with one attached hydrogen (secondary N) is 2. The van der Waals surface area contributed by atoms with Crippen molar-refractivity contribution >= 4 is 27.6 Å². The molecular formula is C26H34N4O4S. The molecule has 1 aliphatic heterocycles. The van der Waals surface area contributed by atoms with Gasteiger partial charge in [-0.25, -0.2) is 13.2 Å². The third-order valence-electron chi connectivity index (χ3n) is 6.84. The van der Waals surface area contributed by atoms with Crippen LogP contribution in [0.2, 0.25) is 0 Å². The Bertz CT molecular complexity index is 1230. The first-order valence-electron chi connectivity index (χ1n) is 12.2. The van der Waals surface area contributed by atoms with Gasteiger partial charge in [0.05, 0.1) is 11.1 Å². The molecule has 35 heavy (non-hydrogen) atoms. The molecule has 0 bridgehead atoms. The fraction of sp³-hybridized carbons (Fsp3) is 0.462. The zero-order chi connectivity index (χ0) is 25.2. The highest BCUT2D eigenvalue weighted by atomic mass is 32.2. The molecule has 8 nitrogen and oxygen atoms in total. The Balaban J connectivity index is 1.63. The molecule has 2 aliphatic rings. The molecular weight excluding hydrogens is 464 g/mol. The number of aryl methyl sites for hydroxylation is 1. The fourth-order valence-corrected chi connectivity index (χ4v) is 6.53. The van der Waals surface area contributed by atoms with Crippen molar-refractivity contribution in [2.45, 2.75) is 62.9 Å². The van der Waals surface area contributed by atoms with Crippen LogP contribution >= 0.6 is 0 Å². The Morgan fingerprint density at radius 3 is 2.40 bits per heavy atom. The monoisotopic (exact) mass is 498 g/mol. The second-order valence-corrected chi connectivity index (χ2v) is 11.2. The van der Waals surface area contributed by atoms with Crippen molar-refractivity contribution in [2.24, 2.45) is 0 Å². The highest BCUT2D eigenvalue weighted by molar-refractivity contribution is 7.89. The number of rotatable bonds is 5. The van der Waals surface area contributed by atoms with E-state index in [2.05, 4.69) is 10.0 Å². The molecule has 2 aromatic carbocycles. The Labute approximate surface area is 207 Å². The molecule has 0 radical (unpaired) electrons. The van der Waals surface area contributed by atoms with Crippen molar-refractivity contribution in [3.05, 3.63) is 58.7 Å². The molecule has 1 saturated heterocycles. The van der Waals surface area contributed by atoms with E-state index in [4.69, 9.17) is 0 Å². The van der Waals surface area contributed by atoms with Crippen LogP contribution in [0.1, 0.15) is 59.2 Å². The minimum atomic E-state index is -3.87. The number of carbonyl (C=O) groups is 2. The number of amides is 3. The number of anilines is 1. The van der Waals surface area contributed by atoms with E-state index in [9.17, 15) is 18.0 Å². The number of hydrogen-bond acceptors (Lipinski definition) is 4. The molecule has 1 heterocycles. The minimum absolute atomic E-state index is 0.200. The van der Waals surface area contributed by atoms with Gasteiger partial charge in [0.15, 0.2) is 0 Å². The third kappa shape index (κ3) is 5.36. The van der Waals surface area contributed by atoms with Crippen LogP contribution in [-0.2, 0) is 22.9 Å². The van der Waals surface area contributed by atoms with E-state index in [1.807, 2.05) is 25.1 Å². The van der Waals surface area contributed by atoms with Crippen LogP contribution in [0.3, 0.4) is 0 Å². The largest absolute Gasteiger partial charge is 0.331 e. The minimum Gasteiger partial charge on any atom is -0.331 e. The molecule has 1 fully saturated rings. The molecule has 1 aliphatic carbocycles. The molecule has 3 amide bonds. The molecule has 0 aromatic heterocycles.